The number of hydrogen-bond donors (Lipinski definition) is 0. The van der Waals surface area contributed by atoms with Crippen molar-refractivity contribution < 1.29 is 14.3 Å². The SMILES string of the molecule is O=C1O/C(=C/c2ccccc2I)COc2ccccc21. The molecule has 4 heteroatoms. The summed E-state index contributed by atoms with van der Waals surface area (Å²) in [6.45, 7) is 0.244. The van der Waals surface area contributed by atoms with Gasteiger partial charge in [-0.25, -0.2) is 4.79 Å². The number of halogens is 1. The van der Waals surface area contributed by atoms with E-state index in [0.29, 0.717) is 17.1 Å². The second-order valence-corrected chi connectivity index (χ2v) is 5.47. The summed E-state index contributed by atoms with van der Waals surface area (Å²) in [5.41, 5.74) is 1.46. The molecule has 0 unspecified atom stereocenters. The van der Waals surface area contributed by atoms with Crippen LogP contribution in [0.1, 0.15) is 15.9 Å². The van der Waals surface area contributed by atoms with Gasteiger partial charge in [0.05, 0.1) is 0 Å². The van der Waals surface area contributed by atoms with E-state index in [0.717, 1.165) is 9.13 Å². The summed E-state index contributed by atoms with van der Waals surface area (Å²) in [6.07, 6.45) is 1.84. The van der Waals surface area contributed by atoms with Crippen LogP contribution in [0.3, 0.4) is 0 Å². The molecule has 100 valence electrons. The molecule has 20 heavy (non-hydrogen) atoms. The monoisotopic (exact) mass is 378 g/mol. The topological polar surface area (TPSA) is 35.5 Å². The zero-order valence-electron chi connectivity index (χ0n) is 10.5. The molecule has 0 aromatic heterocycles. The van der Waals surface area contributed by atoms with Crippen LogP contribution in [0, 0.1) is 3.57 Å². The highest BCUT2D eigenvalue weighted by Crippen LogP contribution is 2.25. The van der Waals surface area contributed by atoms with Crippen molar-refractivity contribution in [3.8, 4) is 5.75 Å². The average molecular weight is 378 g/mol. The van der Waals surface area contributed by atoms with Crippen molar-refractivity contribution >= 4 is 34.6 Å². The van der Waals surface area contributed by atoms with Crippen LogP contribution in [-0.2, 0) is 4.74 Å². The Morgan fingerprint density at radius 1 is 1.05 bits per heavy atom. The highest BCUT2D eigenvalue weighted by molar-refractivity contribution is 14.1. The molecular weight excluding hydrogens is 367 g/mol. The fourth-order valence-electron chi connectivity index (χ4n) is 1.95. The van der Waals surface area contributed by atoms with E-state index in [9.17, 15) is 4.79 Å². The van der Waals surface area contributed by atoms with Gasteiger partial charge in [0.25, 0.3) is 0 Å². The number of para-hydroxylation sites is 1. The minimum atomic E-state index is -0.379. The zero-order valence-corrected chi connectivity index (χ0v) is 12.7. The lowest BCUT2D eigenvalue weighted by atomic mass is 10.2. The van der Waals surface area contributed by atoms with Crippen LogP contribution in [0.4, 0.5) is 0 Å². The number of fused-ring (bicyclic) bond motifs is 1. The van der Waals surface area contributed by atoms with Crippen LogP contribution >= 0.6 is 22.6 Å². The van der Waals surface area contributed by atoms with E-state index in [2.05, 4.69) is 22.6 Å². The summed E-state index contributed by atoms with van der Waals surface area (Å²) >= 11 is 2.25. The Morgan fingerprint density at radius 2 is 1.80 bits per heavy atom. The lowest BCUT2D eigenvalue weighted by Gasteiger charge is -2.05. The summed E-state index contributed by atoms with van der Waals surface area (Å²) in [4.78, 5) is 12.0. The van der Waals surface area contributed by atoms with Gasteiger partial charge in [-0.1, -0.05) is 30.3 Å². The first-order valence-electron chi connectivity index (χ1n) is 6.13. The molecule has 0 spiro atoms. The first-order valence-corrected chi connectivity index (χ1v) is 7.21. The second-order valence-electron chi connectivity index (χ2n) is 4.31. The summed E-state index contributed by atoms with van der Waals surface area (Å²) in [7, 11) is 0. The summed E-state index contributed by atoms with van der Waals surface area (Å²) < 4.78 is 12.1. The van der Waals surface area contributed by atoms with E-state index in [1.807, 2.05) is 36.4 Å². The highest BCUT2D eigenvalue weighted by Gasteiger charge is 2.20. The fraction of sp³-hybridized carbons (Fsp3) is 0.0625. The molecule has 0 fully saturated rings. The van der Waals surface area contributed by atoms with Gasteiger partial charge in [0.2, 0.25) is 0 Å². The fourth-order valence-corrected chi connectivity index (χ4v) is 2.49. The van der Waals surface area contributed by atoms with Crippen LogP contribution in [0.2, 0.25) is 0 Å². The third-order valence-electron chi connectivity index (χ3n) is 2.92. The van der Waals surface area contributed by atoms with E-state index in [1.54, 1.807) is 18.2 Å². The Hall–Kier alpha value is -1.82. The highest BCUT2D eigenvalue weighted by atomic mass is 127. The Labute approximate surface area is 130 Å². The number of ether oxygens (including phenoxy) is 2. The molecule has 3 nitrogen and oxygen atoms in total. The molecular formula is C16H11IO3. The normalized spacial score (nSPS) is 16.1. The average Bonchev–Trinajstić information content (AvgIpc) is 2.62. The molecule has 1 heterocycles. The smallest absolute Gasteiger partial charge is 0.347 e. The molecule has 1 aliphatic rings. The maximum absolute atomic E-state index is 12.0. The van der Waals surface area contributed by atoms with Gasteiger partial charge in [0.1, 0.15) is 23.7 Å². The van der Waals surface area contributed by atoms with Crippen molar-refractivity contribution in [2.45, 2.75) is 0 Å². The van der Waals surface area contributed by atoms with Crippen LogP contribution in [0.15, 0.2) is 54.3 Å². The van der Waals surface area contributed by atoms with Crippen molar-refractivity contribution in [1.29, 1.82) is 0 Å². The van der Waals surface area contributed by atoms with E-state index in [4.69, 9.17) is 9.47 Å². The molecule has 3 rings (SSSR count). The molecule has 2 aromatic carbocycles. The van der Waals surface area contributed by atoms with E-state index >= 15 is 0 Å². The van der Waals surface area contributed by atoms with Crippen molar-refractivity contribution in [2.75, 3.05) is 6.61 Å². The first-order chi connectivity index (χ1) is 9.74. The van der Waals surface area contributed by atoms with Gasteiger partial charge in [-0.3, -0.25) is 0 Å². The summed E-state index contributed by atoms with van der Waals surface area (Å²) in [5, 5.41) is 0. The number of benzene rings is 2. The molecule has 0 amide bonds. The predicted molar refractivity (Wildman–Crippen MR) is 84.5 cm³/mol. The minimum Gasteiger partial charge on any atom is -0.485 e. The number of esters is 1. The van der Waals surface area contributed by atoms with E-state index in [1.165, 1.54) is 0 Å². The van der Waals surface area contributed by atoms with Crippen LogP contribution in [0.25, 0.3) is 6.08 Å². The molecule has 0 atom stereocenters. The van der Waals surface area contributed by atoms with Gasteiger partial charge >= 0.3 is 5.97 Å². The number of cyclic esters (lactones) is 1. The molecule has 2 aromatic rings. The van der Waals surface area contributed by atoms with Crippen molar-refractivity contribution in [1.82, 2.24) is 0 Å². The predicted octanol–water partition coefficient (Wildman–Crippen LogP) is 3.88. The molecule has 0 aliphatic carbocycles. The van der Waals surface area contributed by atoms with Gasteiger partial charge in [-0.05, 0) is 52.4 Å². The number of carbonyl (C=O) groups is 1. The second kappa shape index (κ2) is 5.66. The van der Waals surface area contributed by atoms with Crippen molar-refractivity contribution in [3.63, 3.8) is 0 Å². The number of hydrogen-bond acceptors (Lipinski definition) is 3. The summed E-state index contributed by atoms with van der Waals surface area (Å²) in [6, 6.07) is 15.0. The molecule has 0 N–H and O–H groups in total. The van der Waals surface area contributed by atoms with Crippen LogP contribution < -0.4 is 4.74 Å². The number of carbonyl (C=O) groups excluding carboxylic acids is 1. The Kier molecular flexibility index (Phi) is 3.73. The van der Waals surface area contributed by atoms with Gasteiger partial charge in [0, 0.05) is 3.57 Å². The van der Waals surface area contributed by atoms with Crippen LogP contribution in [0.5, 0.6) is 5.75 Å². The molecule has 0 radical (unpaired) electrons. The Balaban J connectivity index is 1.92. The Morgan fingerprint density at radius 3 is 2.65 bits per heavy atom. The van der Waals surface area contributed by atoms with Gasteiger partial charge < -0.3 is 9.47 Å². The van der Waals surface area contributed by atoms with Crippen LogP contribution in [-0.4, -0.2) is 12.6 Å². The van der Waals surface area contributed by atoms with Crippen molar-refractivity contribution in [3.05, 3.63) is 69.0 Å². The zero-order chi connectivity index (χ0) is 13.9. The maximum atomic E-state index is 12.0. The van der Waals surface area contributed by atoms with Crippen molar-refractivity contribution in [2.24, 2.45) is 0 Å². The summed E-state index contributed by atoms with van der Waals surface area (Å²) in [5.74, 6) is 0.689. The van der Waals surface area contributed by atoms with Gasteiger partial charge in [-0.2, -0.15) is 0 Å². The van der Waals surface area contributed by atoms with Gasteiger partial charge in [0.15, 0.2) is 0 Å². The third-order valence-corrected chi connectivity index (χ3v) is 3.90. The third kappa shape index (κ3) is 2.70. The number of rotatable bonds is 1. The first kappa shape index (κ1) is 13.2. The largest absolute Gasteiger partial charge is 0.485 e. The quantitative estimate of drug-likeness (QED) is 0.558. The molecule has 0 saturated heterocycles. The molecule has 0 saturated carbocycles. The van der Waals surface area contributed by atoms with Gasteiger partial charge in [-0.15, -0.1) is 0 Å². The lowest BCUT2D eigenvalue weighted by Crippen LogP contribution is -2.04. The minimum absolute atomic E-state index is 0.244. The van der Waals surface area contributed by atoms with E-state index in [-0.39, 0.29) is 12.6 Å². The molecule has 0 bridgehead atoms. The Bertz CT molecular complexity index is 692. The van der Waals surface area contributed by atoms with E-state index < -0.39 is 0 Å². The molecule has 1 aliphatic heterocycles. The standard InChI is InChI=1S/C16H11IO3/c17-14-7-3-1-5-11(14)9-12-10-19-15-8-4-2-6-13(15)16(18)20-12/h1-9H,10H2/b12-9+. The lowest BCUT2D eigenvalue weighted by molar-refractivity contribution is 0.0621. The maximum Gasteiger partial charge on any atom is 0.347 e.